The molecule has 0 aromatic heterocycles. The van der Waals surface area contributed by atoms with Crippen molar-refractivity contribution >= 4 is 0 Å². The standard InChI is InChI=1S/C18H19NO2/c1-4-14-19(3)15(2)20-17-12-8-9-13-18(17)21-16-10-6-5-7-11-16/h1,5-13,15H,14H2,2-3H3. The molecule has 0 aliphatic rings. The highest BCUT2D eigenvalue weighted by molar-refractivity contribution is 5.42. The Bertz CT molecular complexity index is 604. The van der Waals surface area contributed by atoms with Crippen LogP contribution < -0.4 is 9.47 Å². The van der Waals surface area contributed by atoms with Crippen molar-refractivity contribution in [2.24, 2.45) is 0 Å². The minimum Gasteiger partial charge on any atom is -0.471 e. The minimum absolute atomic E-state index is 0.137. The van der Waals surface area contributed by atoms with Crippen molar-refractivity contribution in [3.63, 3.8) is 0 Å². The Hall–Kier alpha value is -2.44. The van der Waals surface area contributed by atoms with E-state index in [-0.39, 0.29) is 6.23 Å². The van der Waals surface area contributed by atoms with Gasteiger partial charge in [-0.15, -0.1) is 6.42 Å². The van der Waals surface area contributed by atoms with E-state index in [2.05, 4.69) is 5.92 Å². The molecule has 3 heteroatoms. The summed E-state index contributed by atoms with van der Waals surface area (Å²) < 4.78 is 11.8. The molecule has 0 saturated carbocycles. The molecule has 2 aromatic rings. The minimum atomic E-state index is -0.137. The first-order chi connectivity index (χ1) is 10.2. The van der Waals surface area contributed by atoms with E-state index in [1.54, 1.807) is 0 Å². The second-order valence-corrected chi connectivity index (χ2v) is 4.70. The van der Waals surface area contributed by atoms with Gasteiger partial charge in [-0.25, -0.2) is 0 Å². The molecule has 0 radical (unpaired) electrons. The molecular formula is C18H19NO2. The summed E-state index contributed by atoms with van der Waals surface area (Å²) in [5.74, 6) is 4.76. The third-order valence-electron chi connectivity index (χ3n) is 3.08. The number of rotatable bonds is 6. The Balaban J connectivity index is 2.12. The molecule has 0 fully saturated rings. The van der Waals surface area contributed by atoms with Gasteiger partial charge in [0.2, 0.25) is 0 Å². The molecule has 2 rings (SSSR count). The van der Waals surface area contributed by atoms with Gasteiger partial charge in [-0.1, -0.05) is 36.3 Å². The van der Waals surface area contributed by atoms with E-state index in [0.29, 0.717) is 18.0 Å². The first-order valence-electron chi connectivity index (χ1n) is 6.83. The zero-order valence-corrected chi connectivity index (χ0v) is 12.3. The molecule has 0 aliphatic heterocycles. The number of para-hydroxylation sites is 3. The quantitative estimate of drug-likeness (QED) is 0.594. The molecule has 1 unspecified atom stereocenters. The monoisotopic (exact) mass is 281 g/mol. The maximum absolute atomic E-state index is 5.94. The van der Waals surface area contributed by atoms with E-state index < -0.39 is 0 Å². The molecular weight excluding hydrogens is 262 g/mol. The SMILES string of the molecule is C#CCN(C)C(C)Oc1ccccc1Oc1ccccc1. The van der Waals surface area contributed by atoms with Crippen LogP contribution in [0.15, 0.2) is 54.6 Å². The predicted octanol–water partition coefficient (Wildman–Crippen LogP) is 3.77. The lowest BCUT2D eigenvalue weighted by Crippen LogP contribution is -2.34. The summed E-state index contributed by atoms with van der Waals surface area (Å²) in [7, 11) is 1.92. The number of terminal acetylenes is 1. The highest BCUT2D eigenvalue weighted by Crippen LogP contribution is 2.31. The largest absolute Gasteiger partial charge is 0.471 e. The van der Waals surface area contributed by atoms with Crippen LogP contribution >= 0.6 is 0 Å². The first-order valence-corrected chi connectivity index (χ1v) is 6.83. The fraction of sp³-hybridized carbons (Fsp3) is 0.222. The molecule has 108 valence electrons. The van der Waals surface area contributed by atoms with Crippen LogP contribution in [0.25, 0.3) is 0 Å². The van der Waals surface area contributed by atoms with E-state index in [9.17, 15) is 0 Å². The molecule has 0 spiro atoms. The second kappa shape index (κ2) is 7.37. The van der Waals surface area contributed by atoms with E-state index in [0.717, 1.165) is 5.75 Å². The fourth-order valence-electron chi connectivity index (χ4n) is 1.79. The van der Waals surface area contributed by atoms with Crippen molar-refractivity contribution in [1.29, 1.82) is 0 Å². The van der Waals surface area contributed by atoms with Gasteiger partial charge in [-0.2, -0.15) is 0 Å². The zero-order valence-electron chi connectivity index (χ0n) is 12.3. The molecule has 0 aliphatic carbocycles. The summed E-state index contributed by atoms with van der Waals surface area (Å²) in [4.78, 5) is 1.94. The van der Waals surface area contributed by atoms with Crippen LogP contribution in [0.4, 0.5) is 0 Å². The summed E-state index contributed by atoms with van der Waals surface area (Å²) >= 11 is 0. The summed E-state index contributed by atoms with van der Waals surface area (Å²) in [6, 6.07) is 17.2. The Morgan fingerprint density at radius 1 is 1.05 bits per heavy atom. The molecule has 3 nitrogen and oxygen atoms in total. The average molecular weight is 281 g/mol. The van der Waals surface area contributed by atoms with Crippen LogP contribution in [0.1, 0.15) is 6.92 Å². The highest BCUT2D eigenvalue weighted by atomic mass is 16.5. The summed E-state index contributed by atoms with van der Waals surface area (Å²) in [6.45, 7) is 2.49. The van der Waals surface area contributed by atoms with Gasteiger partial charge < -0.3 is 9.47 Å². The molecule has 0 N–H and O–H groups in total. The number of nitrogens with zero attached hydrogens (tertiary/aromatic N) is 1. The topological polar surface area (TPSA) is 21.7 Å². The van der Waals surface area contributed by atoms with Crippen molar-refractivity contribution < 1.29 is 9.47 Å². The maximum Gasteiger partial charge on any atom is 0.169 e. The Morgan fingerprint density at radius 3 is 2.33 bits per heavy atom. The normalized spacial score (nSPS) is 11.7. The third kappa shape index (κ3) is 4.27. The third-order valence-corrected chi connectivity index (χ3v) is 3.08. The van der Waals surface area contributed by atoms with E-state index in [4.69, 9.17) is 15.9 Å². The molecule has 0 amide bonds. The van der Waals surface area contributed by atoms with Crippen LogP contribution in [-0.4, -0.2) is 24.7 Å². The van der Waals surface area contributed by atoms with Gasteiger partial charge in [0.05, 0.1) is 6.54 Å². The van der Waals surface area contributed by atoms with Gasteiger partial charge in [0.1, 0.15) is 5.75 Å². The van der Waals surface area contributed by atoms with Gasteiger partial charge in [0.25, 0.3) is 0 Å². The zero-order chi connectivity index (χ0) is 15.1. The number of hydrogen-bond donors (Lipinski definition) is 0. The molecule has 1 atom stereocenters. The predicted molar refractivity (Wildman–Crippen MR) is 84.5 cm³/mol. The lowest BCUT2D eigenvalue weighted by molar-refractivity contribution is 0.0693. The van der Waals surface area contributed by atoms with Gasteiger partial charge in [-0.3, -0.25) is 4.90 Å². The lowest BCUT2D eigenvalue weighted by Gasteiger charge is -2.24. The Labute approximate surface area is 126 Å². The van der Waals surface area contributed by atoms with Crippen molar-refractivity contribution in [3.05, 3.63) is 54.6 Å². The van der Waals surface area contributed by atoms with Crippen LogP contribution in [0, 0.1) is 12.3 Å². The number of benzene rings is 2. The number of hydrogen-bond acceptors (Lipinski definition) is 3. The van der Waals surface area contributed by atoms with Gasteiger partial charge >= 0.3 is 0 Å². The smallest absolute Gasteiger partial charge is 0.169 e. The van der Waals surface area contributed by atoms with E-state index >= 15 is 0 Å². The van der Waals surface area contributed by atoms with E-state index in [1.807, 2.05) is 73.5 Å². The summed E-state index contributed by atoms with van der Waals surface area (Å²) in [5, 5.41) is 0. The van der Waals surface area contributed by atoms with Crippen LogP contribution in [0.5, 0.6) is 17.2 Å². The summed E-state index contributed by atoms with van der Waals surface area (Å²) in [6.07, 6.45) is 5.18. The summed E-state index contributed by atoms with van der Waals surface area (Å²) in [5.41, 5.74) is 0. The van der Waals surface area contributed by atoms with Gasteiger partial charge in [0, 0.05) is 0 Å². The molecule has 0 bridgehead atoms. The van der Waals surface area contributed by atoms with Crippen molar-refractivity contribution in [2.75, 3.05) is 13.6 Å². The lowest BCUT2D eigenvalue weighted by atomic mass is 10.3. The molecule has 0 saturated heterocycles. The fourth-order valence-corrected chi connectivity index (χ4v) is 1.79. The maximum atomic E-state index is 5.94. The van der Waals surface area contributed by atoms with Crippen LogP contribution in [-0.2, 0) is 0 Å². The van der Waals surface area contributed by atoms with Crippen LogP contribution in [0.3, 0.4) is 0 Å². The molecule has 21 heavy (non-hydrogen) atoms. The van der Waals surface area contributed by atoms with Crippen molar-refractivity contribution in [2.45, 2.75) is 13.2 Å². The highest BCUT2D eigenvalue weighted by Gasteiger charge is 2.13. The van der Waals surface area contributed by atoms with Gasteiger partial charge in [0.15, 0.2) is 17.7 Å². The van der Waals surface area contributed by atoms with E-state index in [1.165, 1.54) is 0 Å². The van der Waals surface area contributed by atoms with Crippen molar-refractivity contribution in [3.8, 4) is 29.6 Å². The molecule has 2 aromatic carbocycles. The second-order valence-electron chi connectivity index (χ2n) is 4.70. The molecule has 0 heterocycles. The first kappa shape index (κ1) is 15.0. The Morgan fingerprint density at radius 2 is 1.67 bits per heavy atom. The Kier molecular flexibility index (Phi) is 5.25. The van der Waals surface area contributed by atoms with Gasteiger partial charge in [-0.05, 0) is 38.2 Å². The number of ether oxygens (including phenoxy) is 2. The van der Waals surface area contributed by atoms with Crippen LogP contribution in [0.2, 0.25) is 0 Å². The van der Waals surface area contributed by atoms with Crippen molar-refractivity contribution in [1.82, 2.24) is 4.90 Å². The average Bonchev–Trinajstić information content (AvgIpc) is 2.50.